The van der Waals surface area contributed by atoms with Crippen LogP contribution < -0.4 is 9.30 Å². The van der Waals surface area contributed by atoms with Crippen molar-refractivity contribution in [3.05, 3.63) is 77.0 Å². The van der Waals surface area contributed by atoms with Gasteiger partial charge in [-0.1, -0.05) is 83.5 Å². The third-order valence-electron chi connectivity index (χ3n) is 8.58. The molecule has 0 aliphatic carbocycles. The number of furan rings is 1. The summed E-state index contributed by atoms with van der Waals surface area (Å²) in [7, 11) is 2.16. The van der Waals surface area contributed by atoms with Crippen molar-refractivity contribution in [3.63, 3.8) is 0 Å². The maximum absolute atomic E-state index is 7.04. The second-order valence-corrected chi connectivity index (χ2v) is 14.6. The van der Waals surface area contributed by atoms with E-state index in [1.807, 2.05) is 0 Å². The lowest BCUT2D eigenvalue weighted by molar-refractivity contribution is -0.659. The number of hydrogen-bond acceptors (Lipinski definition) is 2. The number of pyridine rings is 1. The molecule has 0 unspecified atom stereocenters. The van der Waals surface area contributed by atoms with Crippen LogP contribution in [-0.4, -0.2) is 0 Å². The molecular formula is C38H40NO2+. The molecular weight excluding hydrogens is 502 g/mol. The first-order chi connectivity index (χ1) is 19.3. The van der Waals surface area contributed by atoms with Crippen LogP contribution in [0.25, 0.3) is 54.7 Å². The first kappa shape index (κ1) is 26.1. The summed E-state index contributed by atoms with van der Waals surface area (Å²) in [5.41, 5.74) is 9.67. The molecule has 3 heteroatoms. The molecule has 0 saturated heterocycles. The number of ether oxygens (including phenoxy) is 1. The molecule has 7 rings (SSSR count). The SMILES string of the molecule is Cc1ccc2c(CC(C)(C)C)c3c(c(C)c2c1)-c1c2c(cc4oc5c(CC(C)(C)C)cccc5c4c2cc[n+]1C)O3. The molecule has 0 spiro atoms. The predicted octanol–water partition coefficient (Wildman–Crippen LogP) is 10.3. The number of para-hydroxylation sites is 1. The molecule has 3 nitrogen and oxygen atoms in total. The zero-order valence-corrected chi connectivity index (χ0v) is 25.9. The van der Waals surface area contributed by atoms with Crippen LogP contribution in [0.15, 0.2) is 59.1 Å². The van der Waals surface area contributed by atoms with Crippen LogP contribution in [-0.2, 0) is 19.9 Å². The number of rotatable bonds is 2. The summed E-state index contributed by atoms with van der Waals surface area (Å²) in [6.07, 6.45) is 4.09. The van der Waals surface area contributed by atoms with E-state index in [1.165, 1.54) is 60.4 Å². The lowest BCUT2D eigenvalue weighted by Gasteiger charge is -2.28. The Kier molecular flexibility index (Phi) is 5.46. The van der Waals surface area contributed by atoms with Crippen molar-refractivity contribution in [3.8, 4) is 22.8 Å². The molecule has 2 aromatic heterocycles. The third kappa shape index (κ3) is 4.04. The van der Waals surface area contributed by atoms with Crippen LogP contribution >= 0.6 is 0 Å². The molecule has 0 saturated carbocycles. The maximum atomic E-state index is 7.04. The molecule has 1 aliphatic heterocycles. The zero-order valence-electron chi connectivity index (χ0n) is 25.9. The van der Waals surface area contributed by atoms with Crippen LogP contribution in [0, 0.1) is 24.7 Å². The van der Waals surface area contributed by atoms with Crippen LogP contribution in [0.2, 0.25) is 0 Å². The van der Waals surface area contributed by atoms with Crippen molar-refractivity contribution in [2.45, 2.75) is 68.2 Å². The van der Waals surface area contributed by atoms with E-state index in [0.29, 0.717) is 0 Å². The molecule has 6 aromatic rings. The van der Waals surface area contributed by atoms with E-state index >= 15 is 0 Å². The molecule has 0 atom stereocenters. The normalized spacial score (nSPS) is 13.4. The molecule has 0 radical (unpaired) electrons. The molecule has 4 aromatic carbocycles. The average Bonchev–Trinajstić information content (AvgIpc) is 3.25. The summed E-state index contributed by atoms with van der Waals surface area (Å²) in [4.78, 5) is 0. The van der Waals surface area contributed by atoms with Gasteiger partial charge >= 0.3 is 0 Å². The molecule has 208 valence electrons. The molecule has 0 fully saturated rings. The lowest BCUT2D eigenvalue weighted by Crippen LogP contribution is -2.32. The number of nitrogens with zero attached hydrogens (tertiary/aromatic N) is 1. The van der Waals surface area contributed by atoms with Crippen molar-refractivity contribution in [2.24, 2.45) is 17.9 Å². The van der Waals surface area contributed by atoms with Gasteiger partial charge in [0.25, 0.3) is 0 Å². The second kappa shape index (κ2) is 8.58. The maximum Gasteiger partial charge on any atom is 0.228 e. The molecule has 3 heterocycles. The fourth-order valence-corrected chi connectivity index (χ4v) is 6.99. The van der Waals surface area contributed by atoms with E-state index < -0.39 is 0 Å². The summed E-state index contributed by atoms with van der Waals surface area (Å²) < 4.78 is 16.0. The van der Waals surface area contributed by atoms with Crippen LogP contribution in [0.5, 0.6) is 11.5 Å². The first-order valence-electron chi connectivity index (χ1n) is 14.8. The third-order valence-corrected chi connectivity index (χ3v) is 8.58. The van der Waals surface area contributed by atoms with E-state index in [0.717, 1.165) is 40.9 Å². The van der Waals surface area contributed by atoms with E-state index in [4.69, 9.17) is 9.15 Å². The van der Waals surface area contributed by atoms with Crippen LogP contribution in [0.4, 0.5) is 0 Å². The summed E-state index contributed by atoms with van der Waals surface area (Å²) in [5, 5.41) is 7.30. The van der Waals surface area contributed by atoms with Crippen molar-refractivity contribution in [1.82, 2.24) is 0 Å². The van der Waals surface area contributed by atoms with Gasteiger partial charge in [0.2, 0.25) is 5.69 Å². The Hall–Kier alpha value is -3.85. The summed E-state index contributed by atoms with van der Waals surface area (Å²) >= 11 is 0. The minimum Gasteiger partial charge on any atom is -0.456 e. The number of fused-ring (bicyclic) bond motifs is 7. The molecule has 0 N–H and O–H groups in total. The van der Waals surface area contributed by atoms with Gasteiger partial charge in [-0.05, 0) is 59.4 Å². The Morgan fingerprint density at radius 1 is 0.756 bits per heavy atom. The highest BCUT2D eigenvalue weighted by molar-refractivity contribution is 6.23. The standard InChI is InChI=1S/C38H40NO2/c1-21-13-14-24-27(17-21)22(2)31-34-33-25(15-16-39(34)9)32-26-12-10-11-23(19-37(3,4)5)35(26)40-29(32)18-30(33)41-36(31)28(24)20-38(6,7)8/h10-18H,19-20H2,1-9H3/q+1. The average molecular weight is 543 g/mol. The van der Waals surface area contributed by atoms with Crippen molar-refractivity contribution < 1.29 is 13.7 Å². The first-order valence-corrected chi connectivity index (χ1v) is 14.8. The topological polar surface area (TPSA) is 26.2 Å². The van der Waals surface area contributed by atoms with E-state index in [2.05, 4.69) is 122 Å². The molecule has 1 aliphatic rings. The smallest absolute Gasteiger partial charge is 0.228 e. The van der Waals surface area contributed by atoms with Crippen LogP contribution in [0.3, 0.4) is 0 Å². The summed E-state index contributed by atoms with van der Waals surface area (Å²) in [6, 6.07) is 17.8. The van der Waals surface area contributed by atoms with Gasteiger partial charge < -0.3 is 9.15 Å². The van der Waals surface area contributed by atoms with Gasteiger partial charge in [-0.25, -0.2) is 4.57 Å². The van der Waals surface area contributed by atoms with Crippen molar-refractivity contribution in [2.75, 3.05) is 0 Å². The fourth-order valence-electron chi connectivity index (χ4n) is 6.99. The lowest BCUT2D eigenvalue weighted by atomic mass is 9.81. The minimum atomic E-state index is 0.102. The molecule has 0 amide bonds. The van der Waals surface area contributed by atoms with Crippen molar-refractivity contribution in [1.29, 1.82) is 0 Å². The van der Waals surface area contributed by atoms with Gasteiger partial charge in [0.05, 0.1) is 10.9 Å². The van der Waals surface area contributed by atoms with E-state index in [1.54, 1.807) is 0 Å². The number of hydrogen-bond donors (Lipinski definition) is 0. The summed E-state index contributed by atoms with van der Waals surface area (Å²) in [5.74, 6) is 1.87. The highest BCUT2D eigenvalue weighted by Crippen LogP contribution is 2.53. The van der Waals surface area contributed by atoms with E-state index in [-0.39, 0.29) is 10.8 Å². The Labute approximate surface area is 242 Å². The number of aromatic nitrogens is 1. The fraction of sp³-hybridized carbons (Fsp3) is 0.342. The molecule has 0 bridgehead atoms. The van der Waals surface area contributed by atoms with Gasteiger partial charge in [0, 0.05) is 33.9 Å². The van der Waals surface area contributed by atoms with Crippen LogP contribution in [0.1, 0.15) is 63.8 Å². The Balaban J connectivity index is 1.61. The minimum absolute atomic E-state index is 0.102. The quantitative estimate of drug-likeness (QED) is 0.203. The Bertz CT molecular complexity index is 2060. The number of benzene rings is 4. The molecule has 41 heavy (non-hydrogen) atoms. The number of aryl methyl sites for hydroxylation is 3. The Morgan fingerprint density at radius 3 is 2.24 bits per heavy atom. The largest absolute Gasteiger partial charge is 0.456 e. The highest BCUT2D eigenvalue weighted by atomic mass is 16.5. The Morgan fingerprint density at radius 2 is 1.51 bits per heavy atom. The van der Waals surface area contributed by atoms with Gasteiger partial charge in [-0.15, -0.1) is 0 Å². The second-order valence-electron chi connectivity index (χ2n) is 14.6. The van der Waals surface area contributed by atoms with Crippen molar-refractivity contribution >= 4 is 43.5 Å². The highest BCUT2D eigenvalue weighted by Gasteiger charge is 2.35. The van der Waals surface area contributed by atoms with E-state index in [9.17, 15) is 0 Å². The van der Waals surface area contributed by atoms with Gasteiger partial charge in [0.15, 0.2) is 6.20 Å². The van der Waals surface area contributed by atoms with Gasteiger partial charge in [-0.3, -0.25) is 0 Å². The predicted molar refractivity (Wildman–Crippen MR) is 171 cm³/mol. The zero-order chi connectivity index (χ0) is 29.0. The van der Waals surface area contributed by atoms with Gasteiger partial charge in [0.1, 0.15) is 29.7 Å². The monoisotopic (exact) mass is 542 g/mol. The van der Waals surface area contributed by atoms with Gasteiger partial charge in [-0.2, -0.15) is 0 Å². The summed E-state index contributed by atoms with van der Waals surface area (Å²) in [6.45, 7) is 18.2.